The SMILES string of the molecule is CCNC(Cn1cnc(C)cc1=O)c1ccccc1. The van der Waals surface area contributed by atoms with Crippen molar-refractivity contribution in [3.63, 3.8) is 0 Å². The van der Waals surface area contributed by atoms with Gasteiger partial charge in [0, 0.05) is 18.3 Å². The van der Waals surface area contributed by atoms with Crippen LogP contribution in [0.4, 0.5) is 0 Å². The molecule has 0 radical (unpaired) electrons. The van der Waals surface area contributed by atoms with Crippen molar-refractivity contribution in [3.05, 3.63) is 64.3 Å². The monoisotopic (exact) mass is 257 g/mol. The van der Waals surface area contributed by atoms with E-state index in [0.717, 1.165) is 12.2 Å². The summed E-state index contributed by atoms with van der Waals surface area (Å²) in [7, 11) is 0. The molecule has 0 aliphatic carbocycles. The zero-order chi connectivity index (χ0) is 13.7. The Kier molecular flexibility index (Phi) is 4.47. The minimum absolute atomic E-state index is 0.00802. The molecule has 19 heavy (non-hydrogen) atoms. The Morgan fingerprint density at radius 2 is 2.05 bits per heavy atom. The Hall–Kier alpha value is -1.94. The lowest BCUT2D eigenvalue weighted by Crippen LogP contribution is -2.30. The van der Waals surface area contributed by atoms with Crippen LogP contribution < -0.4 is 10.9 Å². The number of aromatic nitrogens is 2. The summed E-state index contributed by atoms with van der Waals surface area (Å²) in [4.78, 5) is 16.1. The average molecular weight is 257 g/mol. The molecule has 100 valence electrons. The first kappa shape index (κ1) is 13.5. The molecule has 0 amide bonds. The van der Waals surface area contributed by atoms with Gasteiger partial charge in [0.1, 0.15) is 0 Å². The van der Waals surface area contributed by atoms with Gasteiger partial charge in [-0.1, -0.05) is 37.3 Å². The summed E-state index contributed by atoms with van der Waals surface area (Å²) in [6.45, 7) is 5.33. The summed E-state index contributed by atoms with van der Waals surface area (Å²) in [5, 5.41) is 3.40. The zero-order valence-electron chi connectivity index (χ0n) is 11.3. The third-order valence-corrected chi connectivity index (χ3v) is 3.05. The van der Waals surface area contributed by atoms with E-state index in [0.29, 0.717) is 6.54 Å². The Morgan fingerprint density at radius 1 is 1.32 bits per heavy atom. The van der Waals surface area contributed by atoms with E-state index in [1.807, 2.05) is 25.1 Å². The number of hydrogen-bond acceptors (Lipinski definition) is 3. The fourth-order valence-electron chi connectivity index (χ4n) is 2.07. The molecule has 1 unspecified atom stereocenters. The summed E-state index contributed by atoms with van der Waals surface area (Å²) < 4.78 is 1.65. The molecule has 0 fully saturated rings. The molecule has 4 heteroatoms. The molecule has 2 aromatic rings. The largest absolute Gasteiger partial charge is 0.309 e. The van der Waals surface area contributed by atoms with Crippen LogP contribution in [0.2, 0.25) is 0 Å². The van der Waals surface area contributed by atoms with E-state index >= 15 is 0 Å². The van der Waals surface area contributed by atoms with Crippen LogP contribution in [-0.2, 0) is 6.54 Å². The highest BCUT2D eigenvalue weighted by atomic mass is 16.1. The number of nitrogens with zero attached hydrogens (tertiary/aromatic N) is 2. The standard InChI is InChI=1S/C15H19N3O/c1-3-16-14(13-7-5-4-6-8-13)10-18-11-17-12(2)9-15(18)19/h4-9,11,14,16H,3,10H2,1-2H3. The van der Waals surface area contributed by atoms with Gasteiger partial charge >= 0.3 is 0 Å². The molecular formula is C15H19N3O. The van der Waals surface area contributed by atoms with Crippen molar-refractivity contribution in [2.24, 2.45) is 0 Å². The van der Waals surface area contributed by atoms with Gasteiger partial charge in [-0.25, -0.2) is 4.98 Å². The van der Waals surface area contributed by atoms with E-state index in [1.54, 1.807) is 17.0 Å². The van der Waals surface area contributed by atoms with E-state index in [-0.39, 0.29) is 11.6 Å². The second-order valence-electron chi connectivity index (χ2n) is 4.54. The van der Waals surface area contributed by atoms with Gasteiger partial charge in [0.05, 0.1) is 12.4 Å². The average Bonchev–Trinajstić information content (AvgIpc) is 2.42. The first-order chi connectivity index (χ1) is 9.20. The van der Waals surface area contributed by atoms with Gasteiger partial charge in [-0.3, -0.25) is 9.36 Å². The van der Waals surface area contributed by atoms with E-state index in [4.69, 9.17) is 0 Å². The normalized spacial score (nSPS) is 12.3. The van der Waals surface area contributed by atoms with Crippen LogP contribution in [0, 0.1) is 6.92 Å². The maximum atomic E-state index is 11.9. The van der Waals surface area contributed by atoms with Crippen LogP contribution in [0.1, 0.15) is 24.2 Å². The predicted octanol–water partition coefficient (Wildman–Crippen LogP) is 1.90. The highest BCUT2D eigenvalue weighted by Gasteiger charge is 2.11. The van der Waals surface area contributed by atoms with Gasteiger partial charge in [-0.2, -0.15) is 0 Å². The van der Waals surface area contributed by atoms with Crippen LogP contribution in [-0.4, -0.2) is 16.1 Å². The van der Waals surface area contributed by atoms with Crippen LogP contribution in [0.3, 0.4) is 0 Å². The maximum absolute atomic E-state index is 11.9. The fraction of sp³-hybridized carbons (Fsp3) is 0.333. The number of hydrogen-bond donors (Lipinski definition) is 1. The van der Waals surface area contributed by atoms with Gasteiger partial charge in [0.25, 0.3) is 5.56 Å². The van der Waals surface area contributed by atoms with Crippen LogP contribution >= 0.6 is 0 Å². The van der Waals surface area contributed by atoms with Gasteiger partial charge in [-0.15, -0.1) is 0 Å². The molecule has 0 aliphatic rings. The molecule has 0 saturated carbocycles. The summed E-state index contributed by atoms with van der Waals surface area (Å²) >= 11 is 0. The van der Waals surface area contributed by atoms with Crippen LogP contribution in [0.25, 0.3) is 0 Å². The quantitative estimate of drug-likeness (QED) is 0.890. The van der Waals surface area contributed by atoms with Gasteiger partial charge < -0.3 is 5.32 Å². The smallest absolute Gasteiger partial charge is 0.253 e. The van der Waals surface area contributed by atoms with E-state index in [2.05, 4.69) is 29.4 Å². The molecule has 0 aliphatic heterocycles. The minimum Gasteiger partial charge on any atom is -0.309 e. The van der Waals surface area contributed by atoms with Crippen molar-refractivity contribution in [2.75, 3.05) is 6.54 Å². The van der Waals surface area contributed by atoms with Gasteiger partial charge in [0.15, 0.2) is 0 Å². The number of nitrogens with one attached hydrogen (secondary N) is 1. The van der Waals surface area contributed by atoms with Crippen LogP contribution in [0.15, 0.2) is 47.5 Å². The second-order valence-corrected chi connectivity index (χ2v) is 4.54. The highest BCUT2D eigenvalue weighted by Crippen LogP contribution is 2.13. The molecule has 0 spiro atoms. The summed E-state index contributed by atoms with van der Waals surface area (Å²) in [5.41, 5.74) is 1.92. The first-order valence-corrected chi connectivity index (χ1v) is 6.52. The fourth-order valence-corrected chi connectivity index (χ4v) is 2.07. The molecule has 2 rings (SSSR count). The number of rotatable bonds is 5. The molecular weight excluding hydrogens is 238 g/mol. The van der Waals surface area contributed by atoms with Crippen molar-refractivity contribution in [1.29, 1.82) is 0 Å². The molecule has 1 heterocycles. The Bertz CT molecular complexity index is 577. The van der Waals surface area contributed by atoms with Crippen molar-refractivity contribution in [2.45, 2.75) is 26.4 Å². The molecule has 1 atom stereocenters. The number of benzene rings is 1. The predicted molar refractivity (Wildman–Crippen MR) is 76.1 cm³/mol. The molecule has 1 aromatic heterocycles. The van der Waals surface area contributed by atoms with E-state index in [1.165, 1.54) is 5.56 Å². The molecule has 1 N–H and O–H groups in total. The van der Waals surface area contributed by atoms with Crippen molar-refractivity contribution in [3.8, 4) is 0 Å². The third kappa shape index (κ3) is 3.51. The second kappa shape index (κ2) is 6.29. The Labute approximate surface area is 113 Å². The summed E-state index contributed by atoms with van der Waals surface area (Å²) in [6.07, 6.45) is 1.62. The Balaban J connectivity index is 2.24. The zero-order valence-corrected chi connectivity index (χ0v) is 11.3. The highest BCUT2D eigenvalue weighted by molar-refractivity contribution is 5.18. The lowest BCUT2D eigenvalue weighted by molar-refractivity contribution is 0.463. The lowest BCUT2D eigenvalue weighted by Gasteiger charge is -2.19. The third-order valence-electron chi connectivity index (χ3n) is 3.05. The van der Waals surface area contributed by atoms with E-state index < -0.39 is 0 Å². The minimum atomic E-state index is -0.00802. The van der Waals surface area contributed by atoms with Crippen molar-refractivity contribution < 1.29 is 0 Å². The van der Waals surface area contributed by atoms with Crippen LogP contribution in [0.5, 0.6) is 0 Å². The number of aryl methyl sites for hydroxylation is 1. The van der Waals surface area contributed by atoms with Crippen molar-refractivity contribution >= 4 is 0 Å². The molecule has 4 nitrogen and oxygen atoms in total. The molecule has 0 saturated heterocycles. The summed E-state index contributed by atoms with van der Waals surface area (Å²) in [6, 6.07) is 11.8. The first-order valence-electron chi connectivity index (χ1n) is 6.52. The molecule has 0 bridgehead atoms. The van der Waals surface area contributed by atoms with Crippen molar-refractivity contribution in [1.82, 2.24) is 14.9 Å². The molecule has 1 aromatic carbocycles. The van der Waals surface area contributed by atoms with Gasteiger partial charge in [0.2, 0.25) is 0 Å². The maximum Gasteiger partial charge on any atom is 0.253 e. The van der Waals surface area contributed by atoms with E-state index in [9.17, 15) is 4.79 Å². The summed E-state index contributed by atoms with van der Waals surface area (Å²) in [5.74, 6) is 0. The van der Waals surface area contributed by atoms with Gasteiger partial charge in [-0.05, 0) is 19.0 Å². The lowest BCUT2D eigenvalue weighted by atomic mass is 10.1. The topological polar surface area (TPSA) is 46.9 Å². The Morgan fingerprint density at radius 3 is 2.68 bits per heavy atom. The number of likely N-dealkylation sites (N-methyl/N-ethyl adjacent to an activating group) is 1.